The smallest absolute Gasteiger partial charge is 0.204 e. The molecule has 1 aliphatic heterocycles. The van der Waals surface area contributed by atoms with E-state index in [0.717, 1.165) is 16.6 Å². The van der Waals surface area contributed by atoms with Crippen LogP contribution in [0.4, 0.5) is 0 Å². The van der Waals surface area contributed by atoms with Crippen molar-refractivity contribution in [3.05, 3.63) is 33.1 Å². The fraction of sp³-hybridized carbons (Fsp3) is 0.273. The molecule has 0 spiro atoms. The van der Waals surface area contributed by atoms with E-state index in [-0.39, 0.29) is 0 Å². The Labute approximate surface area is 104 Å². The molecule has 0 fully saturated rings. The first-order chi connectivity index (χ1) is 7.55. The Morgan fingerprint density at radius 2 is 2.12 bits per heavy atom. The minimum atomic E-state index is -3.27. The quantitative estimate of drug-likeness (QED) is 0.931. The molecule has 0 aromatic heterocycles. The third-order valence-corrected chi connectivity index (χ3v) is 4.85. The standard InChI is InChI=1S/C11H12BrNO2S/c1-2-13-7-10-5-8-3-4-9(12)6-11(8)16(10,14)15/h3-6,13H,2,7H2,1H3. The van der Waals surface area contributed by atoms with Crippen LogP contribution in [-0.4, -0.2) is 21.5 Å². The van der Waals surface area contributed by atoms with Gasteiger partial charge < -0.3 is 5.32 Å². The zero-order chi connectivity index (χ0) is 11.8. The normalized spacial score (nSPS) is 17.0. The zero-order valence-corrected chi connectivity index (χ0v) is 11.2. The minimum absolute atomic E-state index is 0.394. The van der Waals surface area contributed by atoms with Crippen molar-refractivity contribution >= 4 is 31.8 Å². The number of likely N-dealkylation sites (N-methyl/N-ethyl adjacent to an activating group) is 1. The van der Waals surface area contributed by atoms with Crippen LogP contribution in [-0.2, 0) is 9.84 Å². The van der Waals surface area contributed by atoms with Crippen molar-refractivity contribution < 1.29 is 8.42 Å². The van der Waals surface area contributed by atoms with Crippen LogP contribution in [0.2, 0.25) is 0 Å². The van der Waals surface area contributed by atoms with Crippen molar-refractivity contribution in [3.63, 3.8) is 0 Å². The fourth-order valence-electron chi connectivity index (χ4n) is 1.65. The van der Waals surface area contributed by atoms with Crippen LogP contribution < -0.4 is 5.32 Å². The predicted octanol–water partition coefficient (Wildman–Crippen LogP) is 2.19. The van der Waals surface area contributed by atoms with Gasteiger partial charge in [0.15, 0.2) is 0 Å². The predicted molar refractivity (Wildman–Crippen MR) is 67.8 cm³/mol. The summed E-state index contributed by atoms with van der Waals surface area (Å²) in [5.41, 5.74) is 0.774. The molecule has 0 bridgehead atoms. The molecule has 86 valence electrons. The molecule has 1 aromatic carbocycles. The lowest BCUT2D eigenvalue weighted by Gasteiger charge is -2.04. The van der Waals surface area contributed by atoms with E-state index in [1.54, 1.807) is 12.1 Å². The van der Waals surface area contributed by atoms with Gasteiger partial charge in [0.2, 0.25) is 9.84 Å². The average molecular weight is 302 g/mol. The van der Waals surface area contributed by atoms with Crippen LogP contribution in [0.25, 0.3) is 6.08 Å². The van der Waals surface area contributed by atoms with E-state index in [2.05, 4.69) is 21.2 Å². The highest BCUT2D eigenvalue weighted by atomic mass is 79.9. The SMILES string of the molecule is CCNCC1=Cc2ccc(Br)cc2S1(=O)=O. The van der Waals surface area contributed by atoms with Crippen molar-refractivity contribution in [1.29, 1.82) is 0 Å². The summed E-state index contributed by atoms with van der Waals surface area (Å²) >= 11 is 3.29. The third kappa shape index (κ3) is 1.95. The van der Waals surface area contributed by atoms with Crippen LogP contribution in [0.5, 0.6) is 0 Å². The summed E-state index contributed by atoms with van der Waals surface area (Å²) in [6, 6.07) is 5.32. The van der Waals surface area contributed by atoms with Crippen LogP contribution in [0.15, 0.2) is 32.5 Å². The number of hydrogen-bond donors (Lipinski definition) is 1. The molecule has 16 heavy (non-hydrogen) atoms. The Morgan fingerprint density at radius 1 is 1.38 bits per heavy atom. The molecule has 0 unspecified atom stereocenters. The topological polar surface area (TPSA) is 46.2 Å². The van der Waals surface area contributed by atoms with Crippen LogP contribution in [0, 0.1) is 0 Å². The Balaban J connectivity index is 2.44. The first-order valence-electron chi connectivity index (χ1n) is 5.01. The molecule has 1 N–H and O–H groups in total. The van der Waals surface area contributed by atoms with Gasteiger partial charge in [0.1, 0.15) is 0 Å². The molecule has 1 aliphatic rings. The number of nitrogens with one attached hydrogen (secondary N) is 1. The van der Waals surface area contributed by atoms with Gasteiger partial charge in [-0.05, 0) is 30.3 Å². The van der Waals surface area contributed by atoms with E-state index in [4.69, 9.17) is 0 Å². The van der Waals surface area contributed by atoms with Gasteiger partial charge in [-0.15, -0.1) is 0 Å². The Kier molecular flexibility index (Phi) is 3.19. The molecular weight excluding hydrogens is 290 g/mol. The molecule has 0 radical (unpaired) electrons. The molecule has 0 atom stereocenters. The minimum Gasteiger partial charge on any atom is -0.312 e. The molecule has 1 heterocycles. The summed E-state index contributed by atoms with van der Waals surface area (Å²) in [5, 5.41) is 3.04. The van der Waals surface area contributed by atoms with E-state index >= 15 is 0 Å². The third-order valence-electron chi connectivity index (χ3n) is 2.48. The molecule has 0 saturated carbocycles. The number of hydrogen-bond acceptors (Lipinski definition) is 3. The second-order valence-electron chi connectivity index (χ2n) is 3.58. The lowest BCUT2D eigenvalue weighted by Crippen LogP contribution is -2.19. The lowest BCUT2D eigenvalue weighted by molar-refractivity contribution is 0.601. The maximum Gasteiger partial charge on any atom is 0.204 e. The Bertz CT molecular complexity index is 549. The molecular formula is C11H12BrNO2S. The Hall–Kier alpha value is -0.650. The number of fused-ring (bicyclic) bond motifs is 1. The second kappa shape index (κ2) is 4.31. The van der Waals surface area contributed by atoms with Crippen molar-refractivity contribution in [1.82, 2.24) is 5.32 Å². The summed E-state index contributed by atoms with van der Waals surface area (Å²) in [7, 11) is -3.27. The van der Waals surface area contributed by atoms with Gasteiger partial charge in [0, 0.05) is 11.0 Å². The van der Waals surface area contributed by atoms with Gasteiger partial charge in [-0.3, -0.25) is 0 Å². The van der Waals surface area contributed by atoms with E-state index in [9.17, 15) is 8.42 Å². The highest BCUT2D eigenvalue weighted by Gasteiger charge is 2.28. The average Bonchev–Trinajstić information content (AvgIpc) is 2.48. The first-order valence-corrected chi connectivity index (χ1v) is 7.29. The van der Waals surface area contributed by atoms with Gasteiger partial charge in [-0.1, -0.05) is 28.9 Å². The molecule has 5 heteroatoms. The van der Waals surface area contributed by atoms with Gasteiger partial charge >= 0.3 is 0 Å². The lowest BCUT2D eigenvalue weighted by atomic mass is 10.2. The van der Waals surface area contributed by atoms with Crippen LogP contribution in [0.1, 0.15) is 12.5 Å². The molecule has 0 saturated heterocycles. The molecule has 0 amide bonds. The highest BCUT2D eigenvalue weighted by molar-refractivity contribution is 9.10. The summed E-state index contributed by atoms with van der Waals surface area (Å²) in [6.45, 7) is 3.10. The maximum absolute atomic E-state index is 12.1. The van der Waals surface area contributed by atoms with Crippen LogP contribution in [0.3, 0.4) is 0 Å². The first kappa shape index (κ1) is 11.8. The molecule has 1 aromatic rings. The van der Waals surface area contributed by atoms with E-state index in [0.29, 0.717) is 16.3 Å². The largest absolute Gasteiger partial charge is 0.312 e. The maximum atomic E-state index is 12.1. The van der Waals surface area contributed by atoms with Gasteiger partial charge in [-0.25, -0.2) is 8.42 Å². The van der Waals surface area contributed by atoms with E-state index in [1.165, 1.54) is 0 Å². The van der Waals surface area contributed by atoms with Gasteiger partial charge in [-0.2, -0.15) is 0 Å². The van der Waals surface area contributed by atoms with Gasteiger partial charge in [0.25, 0.3) is 0 Å². The van der Waals surface area contributed by atoms with Gasteiger partial charge in [0.05, 0.1) is 9.80 Å². The fourth-order valence-corrected chi connectivity index (χ4v) is 3.74. The number of sulfone groups is 1. The summed E-state index contributed by atoms with van der Waals surface area (Å²) in [5.74, 6) is 0. The van der Waals surface area contributed by atoms with Crippen molar-refractivity contribution in [2.75, 3.05) is 13.1 Å². The van der Waals surface area contributed by atoms with E-state index < -0.39 is 9.84 Å². The summed E-state index contributed by atoms with van der Waals surface area (Å²) in [4.78, 5) is 0.845. The van der Waals surface area contributed by atoms with E-state index in [1.807, 2.05) is 19.1 Å². The summed E-state index contributed by atoms with van der Waals surface area (Å²) in [6.07, 6.45) is 1.74. The van der Waals surface area contributed by atoms with Crippen molar-refractivity contribution in [2.24, 2.45) is 0 Å². The molecule has 0 aliphatic carbocycles. The highest BCUT2D eigenvalue weighted by Crippen LogP contribution is 2.34. The second-order valence-corrected chi connectivity index (χ2v) is 6.46. The van der Waals surface area contributed by atoms with Crippen LogP contribution >= 0.6 is 15.9 Å². The number of rotatable bonds is 3. The number of benzene rings is 1. The van der Waals surface area contributed by atoms with Crippen molar-refractivity contribution in [2.45, 2.75) is 11.8 Å². The summed E-state index contributed by atoms with van der Waals surface area (Å²) < 4.78 is 25.0. The zero-order valence-electron chi connectivity index (χ0n) is 8.83. The Morgan fingerprint density at radius 3 is 2.81 bits per heavy atom. The number of halogens is 1. The molecule has 2 rings (SSSR count). The monoisotopic (exact) mass is 301 g/mol. The van der Waals surface area contributed by atoms with Crippen molar-refractivity contribution in [3.8, 4) is 0 Å². The molecule has 3 nitrogen and oxygen atoms in total.